The fourth-order valence-corrected chi connectivity index (χ4v) is 3.26. The van der Waals surface area contributed by atoms with E-state index in [1.807, 2.05) is 13.1 Å². The molecule has 2 rings (SSSR count). The zero-order valence-corrected chi connectivity index (χ0v) is 13.2. The van der Waals surface area contributed by atoms with Gasteiger partial charge in [0.15, 0.2) is 0 Å². The van der Waals surface area contributed by atoms with Crippen LogP contribution in [0, 0.1) is 16.0 Å². The van der Waals surface area contributed by atoms with Crippen LogP contribution in [0.4, 0.5) is 5.69 Å². The third kappa shape index (κ3) is 4.01. The maximum Gasteiger partial charge on any atom is 0.270 e. The molecular weight excluding hydrogens is 322 g/mol. The molecule has 5 nitrogen and oxygen atoms in total. The number of rotatable bonds is 5. The summed E-state index contributed by atoms with van der Waals surface area (Å²) >= 11 is 3.44. The van der Waals surface area contributed by atoms with Crippen LogP contribution < -0.4 is 5.32 Å². The lowest BCUT2D eigenvalue weighted by atomic mass is 9.97. The monoisotopic (exact) mass is 341 g/mol. The molecule has 110 valence electrons. The molecule has 1 atom stereocenters. The van der Waals surface area contributed by atoms with Gasteiger partial charge in [0.25, 0.3) is 5.69 Å². The van der Waals surface area contributed by atoms with Crippen molar-refractivity contribution in [3.8, 4) is 0 Å². The Labute approximate surface area is 127 Å². The Morgan fingerprint density at radius 3 is 3.00 bits per heavy atom. The van der Waals surface area contributed by atoms with Gasteiger partial charge in [-0.3, -0.25) is 15.0 Å². The number of nitro groups is 1. The van der Waals surface area contributed by atoms with E-state index >= 15 is 0 Å². The summed E-state index contributed by atoms with van der Waals surface area (Å²) in [5.74, 6) is 0.700. The first kappa shape index (κ1) is 15.4. The minimum atomic E-state index is -0.363. The van der Waals surface area contributed by atoms with Gasteiger partial charge in [-0.2, -0.15) is 0 Å². The average molecular weight is 342 g/mol. The number of hydrogen-bond donors (Lipinski definition) is 1. The highest BCUT2D eigenvalue weighted by molar-refractivity contribution is 9.10. The van der Waals surface area contributed by atoms with Crippen molar-refractivity contribution in [3.63, 3.8) is 0 Å². The largest absolute Gasteiger partial charge is 0.319 e. The zero-order chi connectivity index (χ0) is 14.5. The highest BCUT2D eigenvalue weighted by Gasteiger charge is 2.20. The number of likely N-dealkylation sites (tertiary alicyclic amines) is 1. The first-order chi connectivity index (χ1) is 9.60. The molecule has 1 aromatic carbocycles. The molecule has 1 aromatic rings. The molecule has 1 heterocycles. The van der Waals surface area contributed by atoms with E-state index in [2.05, 4.69) is 26.1 Å². The molecule has 6 heteroatoms. The molecule has 0 saturated carbocycles. The highest BCUT2D eigenvalue weighted by Crippen LogP contribution is 2.26. The maximum atomic E-state index is 10.7. The van der Waals surface area contributed by atoms with Gasteiger partial charge in [0.2, 0.25) is 0 Å². The van der Waals surface area contributed by atoms with Gasteiger partial charge in [0.1, 0.15) is 0 Å². The summed E-state index contributed by atoms with van der Waals surface area (Å²) in [6.45, 7) is 4.09. The minimum absolute atomic E-state index is 0.132. The fraction of sp³-hybridized carbons (Fsp3) is 0.571. The second-order valence-corrected chi connectivity index (χ2v) is 6.19. The van der Waals surface area contributed by atoms with Crippen LogP contribution >= 0.6 is 15.9 Å². The number of nitrogens with one attached hydrogen (secondary N) is 1. The molecule has 0 radical (unpaired) electrons. The van der Waals surface area contributed by atoms with Crippen LogP contribution in [-0.4, -0.2) is 36.5 Å². The van der Waals surface area contributed by atoms with Crippen LogP contribution in [0.1, 0.15) is 18.4 Å². The van der Waals surface area contributed by atoms with E-state index in [1.54, 1.807) is 12.1 Å². The molecule has 20 heavy (non-hydrogen) atoms. The van der Waals surface area contributed by atoms with Gasteiger partial charge in [0, 0.05) is 29.7 Å². The molecule has 1 N–H and O–H groups in total. The predicted molar refractivity (Wildman–Crippen MR) is 82.7 cm³/mol. The van der Waals surface area contributed by atoms with Crippen molar-refractivity contribution in [3.05, 3.63) is 38.3 Å². The van der Waals surface area contributed by atoms with Crippen molar-refractivity contribution >= 4 is 21.6 Å². The Morgan fingerprint density at radius 2 is 2.35 bits per heavy atom. The van der Waals surface area contributed by atoms with Crippen LogP contribution in [-0.2, 0) is 6.54 Å². The molecule has 0 aliphatic carbocycles. The van der Waals surface area contributed by atoms with E-state index in [1.165, 1.54) is 12.8 Å². The molecule has 0 amide bonds. The van der Waals surface area contributed by atoms with Gasteiger partial charge in [-0.25, -0.2) is 0 Å². The number of piperidine rings is 1. The van der Waals surface area contributed by atoms with Crippen LogP contribution in [0.25, 0.3) is 0 Å². The predicted octanol–water partition coefficient (Wildman–Crippen LogP) is 2.79. The first-order valence-electron chi connectivity index (χ1n) is 6.90. The molecule has 1 aliphatic rings. The second-order valence-electron chi connectivity index (χ2n) is 5.33. The van der Waals surface area contributed by atoms with Gasteiger partial charge >= 0.3 is 0 Å². The number of halogens is 1. The summed E-state index contributed by atoms with van der Waals surface area (Å²) in [5, 5.41) is 14.0. The van der Waals surface area contributed by atoms with Gasteiger partial charge in [0.05, 0.1) is 4.92 Å². The van der Waals surface area contributed by atoms with Gasteiger partial charge in [-0.15, -0.1) is 0 Å². The smallest absolute Gasteiger partial charge is 0.270 e. The summed E-state index contributed by atoms with van der Waals surface area (Å²) in [6.07, 6.45) is 2.50. The summed E-state index contributed by atoms with van der Waals surface area (Å²) in [4.78, 5) is 12.8. The Bertz CT molecular complexity index is 479. The van der Waals surface area contributed by atoms with Crippen molar-refractivity contribution in [1.82, 2.24) is 10.2 Å². The van der Waals surface area contributed by atoms with Gasteiger partial charge in [-0.1, -0.05) is 15.9 Å². The van der Waals surface area contributed by atoms with Crippen LogP contribution in [0.2, 0.25) is 0 Å². The van der Waals surface area contributed by atoms with E-state index in [4.69, 9.17) is 0 Å². The number of nitro benzene ring substituents is 1. The molecule has 1 aliphatic heterocycles. The zero-order valence-electron chi connectivity index (χ0n) is 11.6. The summed E-state index contributed by atoms with van der Waals surface area (Å²) in [7, 11) is 1.99. The lowest BCUT2D eigenvalue weighted by Crippen LogP contribution is -2.38. The summed E-state index contributed by atoms with van der Waals surface area (Å²) < 4.78 is 0.822. The molecule has 1 unspecified atom stereocenters. The van der Waals surface area contributed by atoms with Crippen molar-refractivity contribution in [2.75, 3.05) is 26.7 Å². The summed E-state index contributed by atoms with van der Waals surface area (Å²) in [5.41, 5.74) is 1.24. The first-order valence-corrected chi connectivity index (χ1v) is 7.69. The third-order valence-electron chi connectivity index (χ3n) is 3.74. The van der Waals surface area contributed by atoms with Gasteiger partial charge < -0.3 is 5.32 Å². The van der Waals surface area contributed by atoms with E-state index in [-0.39, 0.29) is 10.6 Å². The second kappa shape index (κ2) is 7.15. The summed E-state index contributed by atoms with van der Waals surface area (Å²) in [6, 6.07) is 5.02. The lowest BCUT2D eigenvalue weighted by molar-refractivity contribution is -0.384. The quantitative estimate of drug-likeness (QED) is 0.660. The standard InChI is InChI=1S/C14H20BrN3O2/c1-16-8-11-3-2-6-17(9-11)10-12-4-5-13(18(19)20)7-14(12)15/h4-5,7,11,16H,2-3,6,8-10H2,1H3. The highest BCUT2D eigenvalue weighted by atomic mass is 79.9. The van der Waals surface area contributed by atoms with Crippen molar-refractivity contribution < 1.29 is 4.92 Å². The van der Waals surface area contributed by atoms with Crippen LogP contribution in [0.5, 0.6) is 0 Å². The molecule has 0 spiro atoms. The number of hydrogen-bond acceptors (Lipinski definition) is 4. The topological polar surface area (TPSA) is 58.4 Å². The number of non-ortho nitro benzene ring substituents is 1. The average Bonchev–Trinajstić information content (AvgIpc) is 2.42. The molecule has 1 saturated heterocycles. The van der Waals surface area contributed by atoms with Crippen molar-refractivity contribution in [2.45, 2.75) is 19.4 Å². The SMILES string of the molecule is CNCC1CCCN(Cc2ccc([N+](=O)[O-])cc2Br)C1. The Kier molecular flexibility index (Phi) is 5.51. The molecule has 0 bridgehead atoms. The number of nitrogens with zero attached hydrogens (tertiary/aromatic N) is 2. The van der Waals surface area contributed by atoms with Crippen molar-refractivity contribution in [2.24, 2.45) is 5.92 Å². The number of benzene rings is 1. The van der Waals surface area contributed by atoms with E-state index in [0.29, 0.717) is 5.92 Å². The normalized spacial score (nSPS) is 20.0. The van der Waals surface area contributed by atoms with E-state index in [9.17, 15) is 10.1 Å². The van der Waals surface area contributed by atoms with Gasteiger partial charge in [-0.05, 0) is 50.5 Å². The molecule has 0 aromatic heterocycles. The molecular formula is C14H20BrN3O2. The van der Waals surface area contributed by atoms with E-state index in [0.717, 1.165) is 36.2 Å². The Balaban J connectivity index is 2.00. The van der Waals surface area contributed by atoms with Crippen LogP contribution in [0.3, 0.4) is 0 Å². The Morgan fingerprint density at radius 1 is 1.55 bits per heavy atom. The Hall–Kier alpha value is -0.980. The lowest BCUT2D eigenvalue weighted by Gasteiger charge is -2.32. The fourth-order valence-electron chi connectivity index (χ4n) is 2.77. The van der Waals surface area contributed by atoms with E-state index < -0.39 is 0 Å². The maximum absolute atomic E-state index is 10.7. The van der Waals surface area contributed by atoms with Crippen LogP contribution in [0.15, 0.2) is 22.7 Å². The minimum Gasteiger partial charge on any atom is -0.319 e. The van der Waals surface area contributed by atoms with Crippen molar-refractivity contribution in [1.29, 1.82) is 0 Å². The molecule has 1 fully saturated rings. The third-order valence-corrected chi connectivity index (χ3v) is 4.48.